The van der Waals surface area contributed by atoms with Gasteiger partial charge < -0.3 is 19.6 Å². The van der Waals surface area contributed by atoms with E-state index in [1.165, 1.54) is 18.7 Å². The number of carbonyl (C=O) groups is 5. The Balaban J connectivity index is 2.12. The first-order valence-corrected chi connectivity index (χ1v) is 10.3. The van der Waals surface area contributed by atoms with Crippen molar-refractivity contribution in [3.63, 3.8) is 0 Å². The van der Waals surface area contributed by atoms with Crippen LogP contribution in [0.15, 0.2) is 0 Å². The average molecular weight is 416 g/mol. The van der Waals surface area contributed by atoms with Crippen LogP contribution < -0.4 is 5.32 Å². The van der Waals surface area contributed by atoms with Gasteiger partial charge in [0.2, 0.25) is 17.7 Å². The van der Waals surface area contributed by atoms with Gasteiger partial charge in [-0.15, -0.1) is 11.8 Å². The van der Waals surface area contributed by atoms with E-state index >= 15 is 0 Å². The molecule has 1 heterocycles. The number of likely N-dealkylation sites (tertiary alicyclic amines) is 1. The maximum atomic E-state index is 12.2. The Hall–Kier alpha value is -1.78. The molecule has 1 N–H and O–H groups in total. The maximum absolute atomic E-state index is 12.2. The predicted molar refractivity (Wildman–Crippen MR) is 103 cm³/mol. The number of amides is 3. The first kappa shape index (κ1) is 24.3. The van der Waals surface area contributed by atoms with Gasteiger partial charge in [-0.3, -0.25) is 24.1 Å². The Morgan fingerprint density at radius 3 is 2.57 bits per heavy atom. The van der Waals surface area contributed by atoms with Crippen molar-refractivity contribution in [2.45, 2.75) is 37.9 Å². The van der Waals surface area contributed by atoms with Gasteiger partial charge >= 0.3 is 0 Å². The molecule has 3 amide bonds. The zero-order valence-corrected chi connectivity index (χ0v) is 17.0. The van der Waals surface area contributed by atoms with Crippen molar-refractivity contribution >= 4 is 41.6 Å². The van der Waals surface area contributed by atoms with Crippen molar-refractivity contribution in [3.05, 3.63) is 0 Å². The molecule has 0 bridgehead atoms. The molecule has 1 atom stereocenters. The fourth-order valence-corrected chi connectivity index (χ4v) is 3.60. The highest BCUT2D eigenvalue weighted by atomic mass is 32.2. The minimum absolute atomic E-state index is 0.0388. The van der Waals surface area contributed by atoms with Crippen molar-refractivity contribution in [1.29, 1.82) is 0 Å². The largest absolute Gasteiger partial charge is 0.379 e. The molecule has 1 unspecified atom stereocenters. The quantitative estimate of drug-likeness (QED) is 0.211. The van der Waals surface area contributed by atoms with E-state index in [1.807, 2.05) is 0 Å². The molecule has 1 aliphatic rings. The highest BCUT2D eigenvalue weighted by molar-refractivity contribution is 8.00. The second kappa shape index (κ2) is 14.3. The van der Waals surface area contributed by atoms with Crippen LogP contribution in [0.3, 0.4) is 0 Å². The average Bonchev–Trinajstić information content (AvgIpc) is 2.91. The van der Waals surface area contributed by atoms with Gasteiger partial charge in [0, 0.05) is 44.5 Å². The number of aldehydes is 1. The monoisotopic (exact) mass is 416 g/mol. The fraction of sp³-hybridized carbons (Fsp3) is 0.722. The predicted octanol–water partition coefficient (Wildman–Crippen LogP) is -0.0453. The lowest BCUT2D eigenvalue weighted by Gasteiger charge is -2.14. The summed E-state index contributed by atoms with van der Waals surface area (Å²) in [5, 5.41) is 2.20. The third-order valence-corrected chi connectivity index (χ3v) is 5.07. The van der Waals surface area contributed by atoms with Gasteiger partial charge in [-0.05, 0) is 6.92 Å². The number of nitrogens with one attached hydrogen (secondary N) is 1. The molecular weight excluding hydrogens is 388 g/mol. The van der Waals surface area contributed by atoms with Crippen LogP contribution in [0.1, 0.15) is 32.6 Å². The second-order valence-corrected chi connectivity index (χ2v) is 7.49. The summed E-state index contributed by atoms with van der Waals surface area (Å²) in [6.07, 6.45) is 1.67. The highest BCUT2D eigenvalue weighted by Gasteiger charge is 2.38. The van der Waals surface area contributed by atoms with E-state index in [1.54, 1.807) is 0 Å². The third-order valence-electron chi connectivity index (χ3n) is 3.86. The lowest BCUT2D eigenvalue weighted by molar-refractivity contribution is -0.138. The topological polar surface area (TPSA) is 119 Å². The molecule has 0 radical (unpaired) electrons. The summed E-state index contributed by atoms with van der Waals surface area (Å²) in [4.78, 5) is 58.2. The lowest BCUT2D eigenvalue weighted by atomic mass is 10.3. The number of imide groups is 1. The molecule has 158 valence electrons. The van der Waals surface area contributed by atoms with Crippen LogP contribution in [0.25, 0.3) is 0 Å². The summed E-state index contributed by atoms with van der Waals surface area (Å²) in [5.41, 5.74) is 0. The van der Waals surface area contributed by atoms with E-state index in [9.17, 15) is 24.0 Å². The van der Waals surface area contributed by atoms with Crippen molar-refractivity contribution in [1.82, 2.24) is 10.2 Å². The number of ether oxygens (including phenoxy) is 2. The molecule has 1 saturated heterocycles. The molecule has 0 aromatic rings. The van der Waals surface area contributed by atoms with Gasteiger partial charge in [-0.25, -0.2) is 0 Å². The molecule has 0 aromatic heterocycles. The van der Waals surface area contributed by atoms with Crippen LogP contribution in [0.2, 0.25) is 0 Å². The SMILES string of the molecule is CC(=O)CCSC1CC(=O)N(CCC(=O)NCCOCCOCCC=O)C1=O. The van der Waals surface area contributed by atoms with Gasteiger partial charge in [0.1, 0.15) is 12.1 Å². The Morgan fingerprint density at radius 2 is 1.89 bits per heavy atom. The zero-order chi connectivity index (χ0) is 20.8. The number of ketones is 1. The number of rotatable bonds is 16. The Labute approximate surface area is 168 Å². The minimum atomic E-state index is -0.461. The molecule has 1 rings (SSSR count). The standard InChI is InChI=1S/C18H28N2O7S/c1-14(22)4-12-28-15-13-17(24)20(18(15)25)6-3-16(23)19-5-9-27-11-10-26-8-2-7-21/h7,15H,2-6,8-13H2,1H3,(H,19,23). The van der Waals surface area contributed by atoms with Crippen molar-refractivity contribution in [3.8, 4) is 0 Å². The normalized spacial score (nSPS) is 16.5. The van der Waals surface area contributed by atoms with E-state index in [0.29, 0.717) is 51.6 Å². The molecule has 0 saturated carbocycles. The summed E-state index contributed by atoms with van der Waals surface area (Å²) < 4.78 is 10.4. The number of nitrogens with zero attached hydrogens (tertiary/aromatic N) is 1. The Kier molecular flexibility index (Phi) is 12.3. The van der Waals surface area contributed by atoms with Crippen molar-refractivity contribution in [2.75, 3.05) is 45.3 Å². The van der Waals surface area contributed by atoms with Crippen LogP contribution >= 0.6 is 11.8 Å². The number of hydrogen-bond acceptors (Lipinski definition) is 8. The van der Waals surface area contributed by atoms with Crippen molar-refractivity contribution < 1.29 is 33.4 Å². The van der Waals surface area contributed by atoms with Gasteiger partial charge in [-0.2, -0.15) is 0 Å². The molecule has 1 aliphatic heterocycles. The summed E-state index contributed by atoms with van der Waals surface area (Å²) in [5.74, 6) is -0.276. The summed E-state index contributed by atoms with van der Waals surface area (Å²) in [7, 11) is 0. The zero-order valence-electron chi connectivity index (χ0n) is 16.1. The third kappa shape index (κ3) is 9.95. The number of hydrogen-bond donors (Lipinski definition) is 1. The molecule has 0 spiro atoms. The van der Waals surface area contributed by atoms with Crippen molar-refractivity contribution in [2.24, 2.45) is 0 Å². The van der Waals surface area contributed by atoms with Gasteiger partial charge in [0.15, 0.2) is 0 Å². The van der Waals surface area contributed by atoms with Gasteiger partial charge in [-0.1, -0.05) is 0 Å². The summed E-state index contributed by atoms with van der Waals surface area (Å²) in [6, 6.07) is 0. The van der Waals surface area contributed by atoms with Gasteiger partial charge in [0.05, 0.1) is 31.7 Å². The van der Waals surface area contributed by atoms with Crippen LogP contribution in [-0.2, 0) is 33.4 Å². The highest BCUT2D eigenvalue weighted by Crippen LogP contribution is 2.25. The van der Waals surface area contributed by atoms with E-state index < -0.39 is 5.25 Å². The second-order valence-electron chi connectivity index (χ2n) is 6.18. The van der Waals surface area contributed by atoms with Crippen LogP contribution in [-0.4, -0.2) is 85.2 Å². The van der Waals surface area contributed by atoms with E-state index in [4.69, 9.17) is 9.47 Å². The molecule has 1 fully saturated rings. The lowest BCUT2D eigenvalue weighted by Crippen LogP contribution is -2.36. The Morgan fingerprint density at radius 1 is 1.18 bits per heavy atom. The van der Waals surface area contributed by atoms with Crippen LogP contribution in [0, 0.1) is 0 Å². The molecular formula is C18H28N2O7S. The van der Waals surface area contributed by atoms with E-state index in [-0.39, 0.29) is 42.9 Å². The molecule has 0 aromatic carbocycles. The first-order chi connectivity index (χ1) is 13.5. The molecule has 9 nitrogen and oxygen atoms in total. The molecule has 28 heavy (non-hydrogen) atoms. The molecule has 10 heteroatoms. The summed E-state index contributed by atoms with van der Waals surface area (Å²) in [6.45, 7) is 3.30. The number of carbonyl (C=O) groups excluding carboxylic acids is 5. The summed E-state index contributed by atoms with van der Waals surface area (Å²) >= 11 is 1.31. The fourth-order valence-electron chi connectivity index (χ4n) is 2.38. The smallest absolute Gasteiger partial charge is 0.242 e. The van der Waals surface area contributed by atoms with E-state index in [0.717, 1.165) is 11.2 Å². The maximum Gasteiger partial charge on any atom is 0.242 e. The molecule has 0 aliphatic carbocycles. The van der Waals surface area contributed by atoms with E-state index in [2.05, 4.69) is 5.32 Å². The number of thioether (sulfide) groups is 1. The number of Topliss-reactive ketones (excluding diaryl/α,β-unsaturated/α-hetero) is 1. The first-order valence-electron chi connectivity index (χ1n) is 9.26. The van der Waals surface area contributed by atoms with Crippen LogP contribution in [0.4, 0.5) is 0 Å². The Bertz CT molecular complexity index is 556. The van der Waals surface area contributed by atoms with Gasteiger partial charge in [0.25, 0.3) is 0 Å². The van der Waals surface area contributed by atoms with Crippen LogP contribution in [0.5, 0.6) is 0 Å². The minimum Gasteiger partial charge on any atom is -0.379 e.